The number of nitrogens with one attached hydrogen (secondary N) is 1. The molecule has 0 saturated carbocycles. The van der Waals surface area contributed by atoms with E-state index in [0.717, 1.165) is 11.1 Å². The van der Waals surface area contributed by atoms with Gasteiger partial charge in [0.2, 0.25) is 11.8 Å². The van der Waals surface area contributed by atoms with E-state index in [4.69, 9.17) is 0 Å². The third-order valence-electron chi connectivity index (χ3n) is 5.47. The number of carbonyl (C=O) groups excluding carboxylic acids is 3. The number of anilines is 2. The van der Waals surface area contributed by atoms with Crippen LogP contribution in [0.25, 0.3) is 0 Å². The van der Waals surface area contributed by atoms with Crippen LogP contribution in [0.2, 0.25) is 0 Å². The molecule has 0 aromatic heterocycles. The van der Waals surface area contributed by atoms with Gasteiger partial charge in [0.05, 0.1) is 17.5 Å². The van der Waals surface area contributed by atoms with Crippen LogP contribution in [-0.2, 0) is 9.59 Å². The summed E-state index contributed by atoms with van der Waals surface area (Å²) in [6.07, 6.45) is 3.27. The number of rotatable bonds is 3. The zero-order chi connectivity index (χ0) is 19.8. The van der Waals surface area contributed by atoms with Crippen molar-refractivity contribution in [2.75, 3.05) is 10.2 Å². The molecule has 1 saturated heterocycles. The van der Waals surface area contributed by atoms with Crippen LogP contribution >= 0.6 is 0 Å². The van der Waals surface area contributed by atoms with Crippen molar-refractivity contribution < 1.29 is 14.4 Å². The molecule has 1 fully saturated rings. The maximum absolute atomic E-state index is 12.9. The minimum atomic E-state index is -0.291. The van der Waals surface area contributed by atoms with Gasteiger partial charge in [0.15, 0.2) is 0 Å². The van der Waals surface area contributed by atoms with Gasteiger partial charge in [0, 0.05) is 11.3 Å². The highest BCUT2D eigenvalue weighted by atomic mass is 16.2. The van der Waals surface area contributed by atoms with Gasteiger partial charge < -0.3 is 5.32 Å². The molecule has 0 radical (unpaired) electrons. The van der Waals surface area contributed by atoms with Crippen molar-refractivity contribution in [3.63, 3.8) is 0 Å². The summed E-state index contributed by atoms with van der Waals surface area (Å²) in [5.74, 6) is -1.20. The second-order valence-corrected chi connectivity index (χ2v) is 7.59. The van der Waals surface area contributed by atoms with E-state index >= 15 is 0 Å². The maximum Gasteiger partial charge on any atom is 0.255 e. The Bertz CT molecular complexity index is 1010. The molecule has 0 bridgehead atoms. The summed E-state index contributed by atoms with van der Waals surface area (Å²) in [6, 6.07) is 14.2. The smallest absolute Gasteiger partial charge is 0.255 e. The third-order valence-corrected chi connectivity index (χ3v) is 5.47. The Hall–Kier alpha value is -3.21. The van der Waals surface area contributed by atoms with Gasteiger partial charge in [-0.05, 0) is 62.6 Å². The number of amides is 3. The molecule has 1 aliphatic heterocycles. The highest BCUT2D eigenvalue weighted by Gasteiger charge is 2.48. The lowest BCUT2D eigenvalue weighted by Gasteiger charge is -2.18. The predicted octanol–water partition coefficient (Wildman–Crippen LogP) is 4.09. The molecule has 4 rings (SSSR count). The quantitative estimate of drug-likeness (QED) is 0.650. The van der Waals surface area contributed by atoms with Crippen molar-refractivity contribution in [3.8, 4) is 0 Å². The molecule has 5 nitrogen and oxygen atoms in total. The van der Waals surface area contributed by atoms with E-state index in [-0.39, 0.29) is 29.6 Å². The number of allylic oxidation sites excluding steroid dienone is 2. The van der Waals surface area contributed by atoms with Crippen molar-refractivity contribution in [2.24, 2.45) is 11.8 Å². The number of hydrogen-bond acceptors (Lipinski definition) is 3. The van der Waals surface area contributed by atoms with Crippen LogP contribution in [0.4, 0.5) is 11.4 Å². The van der Waals surface area contributed by atoms with Crippen LogP contribution in [0, 0.1) is 18.8 Å². The lowest BCUT2D eigenvalue weighted by Crippen LogP contribution is -2.31. The average Bonchev–Trinajstić information content (AvgIpc) is 2.92. The Morgan fingerprint density at radius 2 is 1.75 bits per heavy atom. The minimum absolute atomic E-state index is 0.168. The van der Waals surface area contributed by atoms with Crippen LogP contribution < -0.4 is 10.2 Å². The van der Waals surface area contributed by atoms with Crippen molar-refractivity contribution in [2.45, 2.75) is 26.7 Å². The number of benzene rings is 2. The van der Waals surface area contributed by atoms with E-state index in [0.29, 0.717) is 29.8 Å². The molecule has 2 atom stereocenters. The zero-order valence-corrected chi connectivity index (χ0v) is 15.9. The molecule has 2 aromatic carbocycles. The van der Waals surface area contributed by atoms with Crippen LogP contribution in [0.5, 0.6) is 0 Å². The Kier molecular flexibility index (Phi) is 4.59. The van der Waals surface area contributed by atoms with Crippen molar-refractivity contribution >= 4 is 29.1 Å². The first-order valence-corrected chi connectivity index (χ1v) is 9.45. The molecule has 1 aliphatic carbocycles. The predicted molar refractivity (Wildman–Crippen MR) is 108 cm³/mol. The second-order valence-electron chi connectivity index (χ2n) is 7.59. The van der Waals surface area contributed by atoms with E-state index in [9.17, 15) is 14.4 Å². The van der Waals surface area contributed by atoms with Gasteiger partial charge in [-0.25, -0.2) is 0 Å². The first-order chi connectivity index (χ1) is 13.4. The van der Waals surface area contributed by atoms with E-state index in [1.807, 2.05) is 44.2 Å². The first-order valence-electron chi connectivity index (χ1n) is 9.45. The molecule has 3 amide bonds. The fourth-order valence-electron chi connectivity index (χ4n) is 4.00. The fraction of sp³-hybridized carbons (Fsp3) is 0.261. The maximum atomic E-state index is 12.9. The van der Waals surface area contributed by atoms with E-state index in [1.165, 1.54) is 4.90 Å². The molecule has 1 N–H and O–H groups in total. The normalized spacial score (nSPS) is 21.4. The van der Waals surface area contributed by atoms with Crippen molar-refractivity contribution in [1.29, 1.82) is 0 Å². The third kappa shape index (κ3) is 3.24. The fourth-order valence-corrected chi connectivity index (χ4v) is 4.00. The summed E-state index contributed by atoms with van der Waals surface area (Å²) in [7, 11) is 0. The second kappa shape index (κ2) is 7.08. The first kappa shape index (κ1) is 18.2. The number of nitrogens with zero attached hydrogens (tertiary/aromatic N) is 1. The summed E-state index contributed by atoms with van der Waals surface area (Å²) < 4.78 is 0. The van der Waals surface area contributed by atoms with E-state index < -0.39 is 0 Å². The average molecular weight is 374 g/mol. The van der Waals surface area contributed by atoms with Gasteiger partial charge >= 0.3 is 0 Å². The SMILES string of the molecule is CC1=CC[C@@H]2C(=O)N(c3cccc(C(=O)Nc4cccc(C)c4)c3)C(=O)[C@@H]2C1. The molecular weight excluding hydrogens is 352 g/mol. The molecule has 2 aliphatic rings. The highest BCUT2D eigenvalue weighted by molar-refractivity contribution is 6.22. The number of hydrogen-bond donors (Lipinski definition) is 1. The topological polar surface area (TPSA) is 66.5 Å². The number of carbonyl (C=O) groups is 3. The summed E-state index contributed by atoms with van der Waals surface area (Å²) in [5.41, 5.74) is 3.76. The van der Waals surface area contributed by atoms with Crippen molar-refractivity contribution in [3.05, 3.63) is 71.3 Å². The molecule has 2 aromatic rings. The molecule has 5 heteroatoms. The largest absolute Gasteiger partial charge is 0.322 e. The van der Waals surface area contributed by atoms with Crippen molar-refractivity contribution in [1.82, 2.24) is 0 Å². The minimum Gasteiger partial charge on any atom is -0.322 e. The summed E-state index contributed by atoms with van der Waals surface area (Å²) in [6.45, 7) is 3.95. The highest BCUT2D eigenvalue weighted by Crippen LogP contribution is 2.39. The zero-order valence-electron chi connectivity index (χ0n) is 15.9. The summed E-state index contributed by atoms with van der Waals surface area (Å²) >= 11 is 0. The number of aryl methyl sites for hydroxylation is 1. The molecule has 28 heavy (non-hydrogen) atoms. The number of imide groups is 1. The van der Waals surface area contributed by atoms with Gasteiger partial charge in [-0.15, -0.1) is 0 Å². The van der Waals surface area contributed by atoms with Crippen LogP contribution in [0.3, 0.4) is 0 Å². The van der Waals surface area contributed by atoms with Crippen LogP contribution in [-0.4, -0.2) is 17.7 Å². The summed E-state index contributed by atoms with van der Waals surface area (Å²) in [5, 5.41) is 2.86. The van der Waals surface area contributed by atoms with Gasteiger partial charge in [-0.2, -0.15) is 0 Å². The van der Waals surface area contributed by atoms with Gasteiger partial charge in [0.1, 0.15) is 0 Å². The monoisotopic (exact) mass is 374 g/mol. The van der Waals surface area contributed by atoms with E-state index in [1.54, 1.807) is 24.3 Å². The van der Waals surface area contributed by atoms with E-state index in [2.05, 4.69) is 5.32 Å². The lowest BCUT2D eigenvalue weighted by molar-refractivity contribution is -0.122. The summed E-state index contributed by atoms with van der Waals surface area (Å²) in [4.78, 5) is 39.6. The number of fused-ring (bicyclic) bond motifs is 1. The van der Waals surface area contributed by atoms with Gasteiger partial charge in [-0.3, -0.25) is 19.3 Å². The lowest BCUT2D eigenvalue weighted by atomic mass is 9.82. The van der Waals surface area contributed by atoms with Gasteiger partial charge in [-0.1, -0.05) is 29.8 Å². The molecular formula is C23H22N2O3. The molecule has 0 spiro atoms. The Labute approximate surface area is 164 Å². The van der Waals surface area contributed by atoms with Gasteiger partial charge in [0.25, 0.3) is 5.91 Å². The molecule has 1 heterocycles. The van der Waals surface area contributed by atoms with Crippen LogP contribution in [0.15, 0.2) is 60.2 Å². The molecule has 0 unspecified atom stereocenters. The standard InChI is InChI=1S/C23H22N2O3/c1-14-5-3-7-17(11-14)24-21(26)16-6-4-8-18(13-16)25-22(27)19-10-9-15(2)12-20(19)23(25)28/h3-9,11,13,19-20H,10,12H2,1-2H3,(H,24,26)/t19-,20+/m0/s1. The Morgan fingerprint density at radius 1 is 1.00 bits per heavy atom. The Morgan fingerprint density at radius 3 is 2.54 bits per heavy atom. The molecule has 142 valence electrons. The Balaban J connectivity index is 1.58. The van der Waals surface area contributed by atoms with Crippen LogP contribution in [0.1, 0.15) is 35.7 Å².